The van der Waals surface area contributed by atoms with Gasteiger partial charge in [0.2, 0.25) is 0 Å². The van der Waals surface area contributed by atoms with E-state index in [-0.39, 0.29) is 0 Å². The summed E-state index contributed by atoms with van der Waals surface area (Å²) in [5, 5.41) is 3.60. The zero-order valence-electron chi connectivity index (χ0n) is 12.0. The molecule has 100 valence electrons. The van der Waals surface area contributed by atoms with Gasteiger partial charge >= 0.3 is 0 Å². The number of hydrogen-bond donors (Lipinski definition) is 1. The molecule has 0 saturated heterocycles. The van der Waals surface area contributed by atoms with Gasteiger partial charge in [0.05, 0.1) is 0 Å². The van der Waals surface area contributed by atoms with Crippen LogP contribution in [0.25, 0.3) is 0 Å². The summed E-state index contributed by atoms with van der Waals surface area (Å²) in [6, 6.07) is 15.6. The Morgan fingerprint density at radius 1 is 1.00 bits per heavy atom. The Kier molecular flexibility index (Phi) is 4.54. The lowest BCUT2D eigenvalue weighted by Crippen LogP contribution is -2.07. The van der Waals surface area contributed by atoms with E-state index in [4.69, 9.17) is 0 Å². The maximum Gasteiger partial charge on any atom is 0.0485 e. The van der Waals surface area contributed by atoms with Crippen molar-refractivity contribution >= 4 is 17.4 Å². The first-order valence-electron chi connectivity index (χ1n) is 6.58. The fourth-order valence-electron chi connectivity index (χ4n) is 2.10. The van der Waals surface area contributed by atoms with Crippen molar-refractivity contribution < 1.29 is 0 Å². The normalized spacial score (nSPS) is 12.2. The van der Waals surface area contributed by atoms with E-state index in [2.05, 4.69) is 74.8 Å². The molecule has 2 heteroatoms. The fourth-order valence-corrected chi connectivity index (χ4v) is 2.51. The van der Waals surface area contributed by atoms with Crippen molar-refractivity contribution in [1.82, 2.24) is 0 Å². The van der Waals surface area contributed by atoms with Crippen molar-refractivity contribution in [2.45, 2.75) is 31.7 Å². The highest BCUT2D eigenvalue weighted by molar-refractivity contribution is 7.98. The number of rotatable bonds is 4. The van der Waals surface area contributed by atoms with Gasteiger partial charge < -0.3 is 5.32 Å². The molecule has 1 atom stereocenters. The van der Waals surface area contributed by atoms with Gasteiger partial charge in [0.1, 0.15) is 0 Å². The molecule has 0 heterocycles. The van der Waals surface area contributed by atoms with E-state index in [9.17, 15) is 0 Å². The molecule has 0 aliphatic rings. The van der Waals surface area contributed by atoms with E-state index in [0.29, 0.717) is 6.04 Å². The van der Waals surface area contributed by atoms with E-state index in [0.717, 1.165) is 0 Å². The predicted molar refractivity (Wildman–Crippen MR) is 86.2 cm³/mol. The van der Waals surface area contributed by atoms with Crippen LogP contribution in [-0.4, -0.2) is 6.26 Å². The Balaban J connectivity index is 2.15. The third-order valence-corrected chi connectivity index (χ3v) is 4.12. The molecule has 0 aliphatic carbocycles. The molecular formula is C17H21NS. The first-order chi connectivity index (χ1) is 9.10. The molecule has 19 heavy (non-hydrogen) atoms. The van der Waals surface area contributed by atoms with Crippen molar-refractivity contribution in [3.8, 4) is 0 Å². The van der Waals surface area contributed by atoms with Crippen LogP contribution in [0, 0.1) is 13.8 Å². The van der Waals surface area contributed by atoms with Gasteiger partial charge in [-0.1, -0.05) is 24.3 Å². The maximum atomic E-state index is 3.60. The average molecular weight is 271 g/mol. The number of hydrogen-bond acceptors (Lipinski definition) is 2. The van der Waals surface area contributed by atoms with Crippen LogP contribution in [-0.2, 0) is 0 Å². The lowest BCUT2D eigenvalue weighted by atomic mass is 10.1. The van der Waals surface area contributed by atoms with Crippen LogP contribution < -0.4 is 5.32 Å². The average Bonchev–Trinajstić information content (AvgIpc) is 2.43. The van der Waals surface area contributed by atoms with E-state index in [1.807, 2.05) is 0 Å². The zero-order chi connectivity index (χ0) is 13.8. The molecule has 0 fully saturated rings. The Bertz CT molecular complexity index is 546. The van der Waals surface area contributed by atoms with Crippen molar-refractivity contribution in [2.75, 3.05) is 11.6 Å². The first-order valence-corrected chi connectivity index (χ1v) is 7.80. The second-order valence-electron chi connectivity index (χ2n) is 4.96. The third kappa shape index (κ3) is 3.54. The smallest absolute Gasteiger partial charge is 0.0485 e. The van der Waals surface area contributed by atoms with Crippen molar-refractivity contribution in [3.05, 3.63) is 59.2 Å². The van der Waals surface area contributed by atoms with Gasteiger partial charge in [-0.2, -0.15) is 0 Å². The molecule has 0 amide bonds. The second kappa shape index (κ2) is 6.16. The van der Waals surface area contributed by atoms with E-state index >= 15 is 0 Å². The summed E-state index contributed by atoms with van der Waals surface area (Å²) in [4.78, 5) is 1.31. The monoisotopic (exact) mass is 271 g/mol. The van der Waals surface area contributed by atoms with Gasteiger partial charge in [0, 0.05) is 16.6 Å². The van der Waals surface area contributed by atoms with Crippen molar-refractivity contribution in [2.24, 2.45) is 0 Å². The predicted octanol–water partition coefficient (Wildman–Crippen LogP) is 5.20. The van der Waals surface area contributed by atoms with Gasteiger partial charge in [-0.3, -0.25) is 0 Å². The minimum atomic E-state index is 0.316. The molecule has 2 aromatic rings. The Morgan fingerprint density at radius 2 is 1.68 bits per heavy atom. The highest BCUT2D eigenvalue weighted by Gasteiger charge is 2.07. The molecule has 0 aromatic heterocycles. The summed E-state index contributed by atoms with van der Waals surface area (Å²) < 4.78 is 0. The number of aryl methyl sites for hydroxylation is 2. The van der Waals surface area contributed by atoms with Crippen LogP contribution in [0.5, 0.6) is 0 Å². The highest BCUT2D eigenvalue weighted by atomic mass is 32.2. The van der Waals surface area contributed by atoms with Gasteiger partial charge in [-0.15, -0.1) is 11.8 Å². The molecule has 2 rings (SSSR count). The maximum absolute atomic E-state index is 3.60. The molecule has 0 saturated carbocycles. The molecule has 1 N–H and O–H groups in total. The lowest BCUT2D eigenvalue weighted by Gasteiger charge is -2.18. The minimum Gasteiger partial charge on any atom is -0.378 e. The van der Waals surface area contributed by atoms with E-state index in [1.54, 1.807) is 11.8 Å². The summed E-state index contributed by atoms with van der Waals surface area (Å²) in [6.07, 6.45) is 2.10. The Morgan fingerprint density at radius 3 is 2.32 bits per heavy atom. The van der Waals surface area contributed by atoms with Crippen LogP contribution >= 0.6 is 11.8 Å². The molecular weight excluding hydrogens is 250 g/mol. The summed E-state index contributed by atoms with van der Waals surface area (Å²) in [6.45, 7) is 6.48. The number of thioether (sulfide) groups is 1. The molecule has 2 aromatic carbocycles. The van der Waals surface area contributed by atoms with Gasteiger partial charge in [0.25, 0.3) is 0 Å². The minimum absolute atomic E-state index is 0.316. The van der Waals surface area contributed by atoms with Crippen molar-refractivity contribution in [3.63, 3.8) is 0 Å². The fraction of sp³-hybridized carbons (Fsp3) is 0.294. The topological polar surface area (TPSA) is 12.0 Å². The molecule has 1 unspecified atom stereocenters. The Hall–Kier alpha value is -1.41. The van der Waals surface area contributed by atoms with Crippen LogP contribution in [0.4, 0.5) is 5.69 Å². The highest BCUT2D eigenvalue weighted by Crippen LogP contribution is 2.24. The van der Waals surface area contributed by atoms with Gasteiger partial charge in [-0.05, 0) is 61.9 Å². The number of benzene rings is 2. The molecule has 0 aliphatic heterocycles. The van der Waals surface area contributed by atoms with Crippen LogP contribution in [0.2, 0.25) is 0 Å². The molecule has 0 radical (unpaired) electrons. The SMILES string of the molecule is CSc1ccc(C(C)Nc2cc(C)ccc2C)cc1. The van der Waals surface area contributed by atoms with E-state index in [1.165, 1.54) is 27.3 Å². The number of anilines is 1. The van der Waals surface area contributed by atoms with Gasteiger partial charge in [-0.25, -0.2) is 0 Å². The third-order valence-electron chi connectivity index (χ3n) is 3.38. The van der Waals surface area contributed by atoms with Crippen LogP contribution in [0.3, 0.4) is 0 Å². The van der Waals surface area contributed by atoms with Crippen LogP contribution in [0.1, 0.15) is 29.7 Å². The Labute approximate surface area is 120 Å². The summed E-state index contributed by atoms with van der Waals surface area (Å²) in [7, 11) is 0. The number of nitrogens with one attached hydrogen (secondary N) is 1. The first kappa shape index (κ1) is 14.0. The lowest BCUT2D eigenvalue weighted by molar-refractivity contribution is 0.880. The van der Waals surface area contributed by atoms with E-state index < -0.39 is 0 Å². The largest absolute Gasteiger partial charge is 0.378 e. The summed E-state index contributed by atoms with van der Waals surface area (Å²) >= 11 is 1.78. The molecule has 0 spiro atoms. The molecule has 0 bridgehead atoms. The summed E-state index contributed by atoms with van der Waals surface area (Å²) in [5.74, 6) is 0. The van der Waals surface area contributed by atoms with Crippen molar-refractivity contribution in [1.29, 1.82) is 0 Å². The van der Waals surface area contributed by atoms with Crippen LogP contribution in [0.15, 0.2) is 47.4 Å². The summed E-state index contributed by atoms with van der Waals surface area (Å²) in [5.41, 5.74) is 5.12. The van der Waals surface area contributed by atoms with Gasteiger partial charge in [0.15, 0.2) is 0 Å². The second-order valence-corrected chi connectivity index (χ2v) is 5.84. The zero-order valence-corrected chi connectivity index (χ0v) is 12.8. The quantitative estimate of drug-likeness (QED) is 0.767. The standard InChI is InChI=1S/C17H21NS/c1-12-5-6-13(2)17(11-12)18-14(3)15-7-9-16(19-4)10-8-15/h5-11,14,18H,1-4H3. The molecule has 1 nitrogen and oxygen atoms in total.